The van der Waals surface area contributed by atoms with Crippen LogP contribution < -0.4 is 5.32 Å². The van der Waals surface area contributed by atoms with Crippen LogP contribution in [0.25, 0.3) is 0 Å². The highest BCUT2D eigenvalue weighted by molar-refractivity contribution is 5.75. The Balaban J connectivity index is 2.10. The number of carbonyl (C=O) groups excluding carboxylic acids is 1. The van der Waals surface area contributed by atoms with Crippen molar-refractivity contribution in [1.29, 1.82) is 0 Å². The van der Waals surface area contributed by atoms with Gasteiger partial charge in [0.2, 0.25) is 5.91 Å². The predicted octanol–water partition coefficient (Wildman–Crippen LogP) is 1.49. The molecule has 1 aromatic rings. The first-order valence-corrected chi connectivity index (χ1v) is 6.93. The zero-order valence-corrected chi connectivity index (χ0v) is 12.1. The van der Waals surface area contributed by atoms with Crippen molar-refractivity contribution in [2.24, 2.45) is 5.92 Å². The third-order valence-electron chi connectivity index (χ3n) is 3.26. The first-order valence-electron chi connectivity index (χ1n) is 6.93. The molecular formula is C14H25N3O2. The van der Waals surface area contributed by atoms with Gasteiger partial charge in [-0.15, -0.1) is 0 Å². The summed E-state index contributed by atoms with van der Waals surface area (Å²) in [5.74, 6) is 1.26. The second kappa shape index (κ2) is 7.94. The Morgan fingerprint density at radius 2 is 2.26 bits per heavy atom. The van der Waals surface area contributed by atoms with E-state index in [4.69, 9.17) is 0 Å². The van der Waals surface area contributed by atoms with E-state index in [1.165, 1.54) is 0 Å². The number of nitrogens with one attached hydrogen (secondary N) is 1. The van der Waals surface area contributed by atoms with Crippen molar-refractivity contribution in [2.45, 2.75) is 52.7 Å². The van der Waals surface area contributed by atoms with Gasteiger partial charge in [-0.25, -0.2) is 4.98 Å². The molecule has 1 heterocycles. The summed E-state index contributed by atoms with van der Waals surface area (Å²) >= 11 is 0. The van der Waals surface area contributed by atoms with Crippen LogP contribution in [0.15, 0.2) is 12.4 Å². The maximum Gasteiger partial charge on any atom is 0.220 e. The van der Waals surface area contributed by atoms with Crippen LogP contribution in [-0.2, 0) is 11.3 Å². The summed E-state index contributed by atoms with van der Waals surface area (Å²) in [5, 5.41) is 12.4. The van der Waals surface area contributed by atoms with Crippen molar-refractivity contribution in [3.8, 4) is 0 Å². The van der Waals surface area contributed by atoms with E-state index in [1.54, 1.807) is 6.20 Å². The van der Waals surface area contributed by atoms with Crippen LogP contribution in [0.5, 0.6) is 0 Å². The Morgan fingerprint density at radius 1 is 1.53 bits per heavy atom. The molecule has 1 amide bonds. The number of aliphatic hydroxyl groups is 1. The third-order valence-corrected chi connectivity index (χ3v) is 3.26. The van der Waals surface area contributed by atoms with Crippen molar-refractivity contribution < 1.29 is 9.90 Å². The molecule has 5 nitrogen and oxygen atoms in total. The zero-order valence-electron chi connectivity index (χ0n) is 12.1. The van der Waals surface area contributed by atoms with Gasteiger partial charge in [-0.1, -0.05) is 13.8 Å². The van der Waals surface area contributed by atoms with Gasteiger partial charge in [-0.2, -0.15) is 0 Å². The molecule has 0 aromatic carbocycles. The van der Waals surface area contributed by atoms with Gasteiger partial charge in [-0.05, 0) is 25.7 Å². The van der Waals surface area contributed by atoms with Gasteiger partial charge in [0.15, 0.2) is 0 Å². The topological polar surface area (TPSA) is 67.2 Å². The van der Waals surface area contributed by atoms with E-state index in [9.17, 15) is 9.90 Å². The fraction of sp³-hybridized carbons (Fsp3) is 0.714. The standard InChI is InChI=1S/C14H25N3O2/c1-11(2)13(18)6-7-16-14(19)5-4-9-17-10-8-15-12(17)3/h8,10-11,13,18H,4-7,9H2,1-3H3,(H,16,19). The summed E-state index contributed by atoms with van der Waals surface area (Å²) in [6.45, 7) is 7.25. The lowest BCUT2D eigenvalue weighted by molar-refractivity contribution is -0.121. The van der Waals surface area contributed by atoms with E-state index >= 15 is 0 Å². The Kier molecular flexibility index (Phi) is 6.56. The smallest absolute Gasteiger partial charge is 0.220 e. The minimum atomic E-state index is -0.339. The van der Waals surface area contributed by atoms with E-state index < -0.39 is 0 Å². The van der Waals surface area contributed by atoms with Crippen molar-refractivity contribution in [1.82, 2.24) is 14.9 Å². The lowest BCUT2D eigenvalue weighted by Gasteiger charge is -2.14. The fourth-order valence-electron chi connectivity index (χ4n) is 1.83. The van der Waals surface area contributed by atoms with E-state index in [0.29, 0.717) is 19.4 Å². The molecule has 0 spiro atoms. The molecule has 0 fully saturated rings. The minimum Gasteiger partial charge on any atom is -0.393 e. The van der Waals surface area contributed by atoms with Gasteiger partial charge in [0.1, 0.15) is 5.82 Å². The molecule has 0 bridgehead atoms. The van der Waals surface area contributed by atoms with Crippen LogP contribution in [0.4, 0.5) is 0 Å². The van der Waals surface area contributed by atoms with Gasteiger partial charge >= 0.3 is 0 Å². The number of nitrogens with zero attached hydrogens (tertiary/aromatic N) is 2. The van der Waals surface area contributed by atoms with Gasteiger partial charge in [-0.3, -0.25) is 4.79 Å². The van der Waals surface area contributed by atoms with Crippen molar-refractivity contribution in [3.63, 3.8) is 0 Å². The molecule has 108 valence electrons. The number of hydrogen-bond acceptors (Lipinski definition) is 3. The second-order valence-corrected chi connectivity index (χ2v) is 5.22. The van der Waals surface area contributed by atoms with E-state index in [1.807, 2.05) is 31.5 Å². The lowest BCUT2D eigenvalue weighted by Crippen LogP contribution is -2.28. The second-order valence-electron chi connectivity index (χ2n) is 5.22. The number of hydrogen-bond donors (Lipinski definition) is 2. The predicted molar refractivity (Wildman–Crippen MR) is 74.7 cm³/mol. The summed E-state index contributed by atoms with van der Waals surface area (Å²) in [7, 11) is 0. The van der Waals surface area contributed by atoms with Crippen molar-refractivity contribution in [2.75, 3.05) is 6.54 Å². The monoisotopic (exact) mass is 267 g/mol. The number of imidazole rings is 1. The fourth-order valence-corrected chi connectivity index (χ4v) is 1.83. The Bertz CT molecular complexity index is 388. The number of amides is 1. The van der Waals surface area contributed by atoms with Crippen LogP contribution in [0.1, 0.15) is 38.9 Å². The molecule has 2 N–H and O–H groups in total. The molecule has 0 radical (unpaired) electrons. The van der Waals surface area contributed by atoms with Crippen LogP contribution in [0.2, 0.25) is 0 Å². The van der Waals surface area contributed by atoms with Crippen LogP contribution >= 0.6 is 0 Å². The molecule has 0 saturated carbocycles. The molecule has 1 aromatic heterocycles. The average Bonchev–Trinajstić information content (AvgIpc) is 2.75. The van der Waals surface area contributed by atoms with Gasteiger partial charge < -0.3 is 15.0 Å². The average molecular weight is 267 g/mol. The first-order chi connectivity index (χ1) is 9.00. The molecule has 0 aliphatic heterocycles. The number of aromatic nitrogens is 2. The SMILES string of the molecule is Cc1nccn1CCCC(=O)NCCC(O)C(C)C. The quantitative estimate of drug-likeness (QED) is 0.750. The van der Waals surface area contributed by atoms with Gasteiger partial charge in [0, 0.05) is 31.9 Å². The Hall–Kier alpha value is -1.36. The summed E-state index contributed by atoms with van der Waals surface area (Å²) in [6.07, 6.45) is 5.28. The lowest BCUT2D eigenvalue weighted by atomic mass is 10.0. The highest BCUT2D eigenvalue weighted by Crippen LogP contribution is 2.04. The largest absolute Gasteiger partial charge is 0.393 e. The maximum absolute atomic E-state index is 11.6. The molecule has 0 aliphatic rings. The van der Waals surface area contributed by atoms with Crippen LogP contribution in [-0.4, -0.2) is 33.2 Å². The zero-order chi connectivity index (χ0) is 14.3. The number of rotatable bonds is 8. The highest BCUT2D eigenvalue weighted by atomic mass is 16.3. The molecule has 0 saturated heterocycles. The molecule has 1 atom stereocenters. The minimum absolute atomic E-state index is 0.0497. The van der Waals surface area contributed by atoms with E-state index in [2.05, 4.69) is 10.3 Å². The Labute approximate surface area is 115 Å². The molecular weight excluding hydrogens is 242 g/mol. The molecule has 1 rings (SSSR count). The maximum atomic E-state index is 11.6. The Morgan fingerprint density at radius 3 is 2.84 bits per heavy atom. The molecule has 5 heteroatoms. The van der Waals surface area contributed by atoms with E-state index in [0.717, 1.165) is 18.8 Å². The highest BCUT2D eigenvalue weighted by Gasteiger charge is 2.09. The van der Waals surface area contributed by atoms with Crippen LogP contribution in [0.3, 0.4) is 0 Å². The normalized spacial score (nSPS) is 12.7. The summed E-state index contributed by atoms with van der Waals surface area (Å²) < 4.78 is 2.04. The van der Waals surface area contributed by atoms with Gasteiger partial charge in [0.05, 0.1) is 6.10 Å². The number of carbonyl (C=O) groups is 1. The number of aryl methyl sites for hydroxylation is 2. The summed E-state index contributed by atoms with van der Waals surface area (Å²) in [4.78, 5) is 15.7. The van der Waals surface area contributed by atoms with Gasteiger partial charge in [0.25, 0.3) is 0 Å². The molecule has 1 unspecified atom stereocenters. The summed E-state index contributed by atoms with van der Waals surface area (Å²) in [5.41, 5.74) is 0. The third kappa shape index (κ3) is 5.87. The number of aliphatic hydroxyl groups excluding tert-OH is 1. The molecule has 19 heavy (non-hydrogen) atoms. The van der Waals surface area contributed by atoms with E-state index in [-0.39, 0.29) is 17.9 Å². The molecule has 0 aliphatic carbocycles. The first kappa shape index (κ1) is 15.7. The van der Waals surface area contributed by atoms with Crippen molar-refractivity contribution in [3.05, 3.63) is 18.2 Å². The van der Waals surface area contributed by atoms with Crippen molar-refractivity contribution >= 4 is 5.91 Å². The van der Waals surface area contributed by atoms with Crippen LogP contribution in [0, 0.1) is 12.8 Å². The summed E-state index contributed by atoms with van der Waals surface area (Å²) in [6, 6.07) is 0.